The molecule has 7 heteroatoms. The van der Waals surface area contributed by atoms with E-state index < -0.39 is 45.6 Å². The lowest BCUT2D eigenvalue weighted by molar-refractivity contribution is -0.301. The molecule has 1 saturated heterocycles. The zero-order chi connectivity index (χ0) is 30.3. The van der Waals surface area contributed by atoms with Gasteiger partial charge in [-0.1, -0.05) is 142 Å². The molecular weight excluding hydrogens is 556 g/mol. The van der Waals surface area contributed by atoms with Crippen LogP contribution in [0.3, 0.4) is 0 Å². The molecule has 1 heterocycles. The zero-order valence-electron chi connectivity index (χ0n) is 25.1. The Morgan fingerprint density at radius 1 is 0.651 bits per heavy atom. The van der Waals surface area contributed by atoms with E-state index in [0.29, 0.717) is 0 Å². The van der Waals surface area contributed by atoms with Crippen LogP contribution in [0.1, 0.15) is 31.9 Å². The standard InChI is InChI=1S/C36H42O6Si/c1-36(2,3)43(29-20-12-6-13-21-29,30-22-14-7-15-23-30)42-35-34(40-26-28-18-10-5-11-19-28)33(32(38)31(24-37)41-35)39-25-27-16-8-4-9-17-27/h4-23,31-35,37-38H,24-26H2,1-3H3/t31?,32-,33-,34?,35+/m1/s1. The molecule has 0 saturated carbocycles. The molecular formula is C36H42O6Si. The maximum absolute atomic E-state index is 11.5. The summed E-state index contributed by atoms with van der Waals surface area (Å²) < 4.78 is 26.8. The van der Waals surface area contributed by atoms with E-state index in [1.807, 2.05) is 97.1 Å². The van der Waals surface area contributed by atoms with Crippen molar-refractivity contribution in [2.45, 2.75) is 69.7 Å². The summed E-state index contributed by atoms with van der Waals surface area (Å²) in [5.41, 5.74) is 1.94. The topological polar surface area (TPSA) is 77.4 Å². The third kappa shape index (κ3) is 7.00. The van der Waals surface area contributed by atoms with Crippen molar-refractivity contribution in [3.63, 3.8) is 0 Å². The van der Waals surface area contributed by atoms with Crippen molar-refractivity contribution in [2.24, 2.45) is 0 Å². The molecule has 0 radical (unpaired) electrons. The molecule has 2 unspecified atom stereocenters. The quantitative estimate of drug-likeness (QED) is 0.241. The van der Waals surface area contributed by atoms with Gasteiger partial charge in [-0.05, 0) is 26.5 Å². The largest absolute Gasteiger partial charge is 0.394 e. The van der Waals surface area contributed by atoms with Crippen molar-refractivity contribution < 1.29 is 28.8 Å². The molecule has 5 rings (SSSR count). The summed E-state index contributed by atoms with van der Waals surface area (Å²) in [6.45, 7) is 6.74. The Morgan fingerprint density at radius 2 is 1.07 bits per heavy atom. The van der Waals surface area contributed by atoms with Gasteiger partial charge in [-0.3, -0.25) is 0 Å². The molecule has 2 N–H and O–H groups in total. The third-order valence-electron chi connectivity index (χ3n) is 8.08. The highest BCUT2D eigenvalue weighted by molar-refractivity contribution is 6.99. The first-order valence-corrected chi connectivity index (χ1v) is 16.8. The number of hydrogen-bond acceptors (Lipinski definition) is 6. The number of ether oxygens (including phenoxy) is 3. The Morgan fingerprint density at radius 3 is 1.49 bits per heavy atom. The Bertz CT molecular complexity index is 1340. The van der Waals surface area contributed by atoms with Crippen molar-refractivity contribution in [1.82, 2.24) is 0 Å². The molecule has 0 amide bonds. The third-order valence-corrected chi connectivity index (χ3v) is 13.1. The highest BCUT2D eigenvalue weighted by atomic mass is 28.4. The number of aliphatic hydroxyl groups is 2. The minimum absolute atomic E-state index is 0.262. The second-order valence-electron chi connectivity index (χ2n) is 12.0. The van der Waals surface area contributed by atoms with E-state index in [0.717, 1.165) is 21.5 Å². The van der Waals surface area contributed by atoms with Crippen LogP contribution in [-0.2, 0) is 31.9 Å². The van der Waals surface area contributed by atoms with Crippen LogP contribution in [0.25, 0.3) is 0 Å². The van der Waals surface area contributed by atoms with Gasteiger partial charge < -0.3 is 28.8 Å². The highest BCUT2D eigenvalue weighted by Gasteiger charge is 2.56. The summed E-state index contributed by atoms with van der Waals surface area (Å²) in [5.74, 6) is 0. The first-order valence-electron chi connectivity index (χ1n) is 14.9. The summed E-state index contributed by atoms with van der Waals surface area (Å²) >= 11 is 0. The molecule has 4 aromatic carbocycles. The molecule has 0 spiro atoms. The molecule has 5 atom stereocenters. The molecule has 0 aliphatic carbocycles. The van der Waals surface area contributed by atoms with Gasteiger partial charge in [0.2, 0.25) is 0 Å². The summed E-state index contributed by atoms with van der Waals surface area (Å²) in [5, 5.41) is 23.6. The molecule has 1 aliphatic rings. The van der Waals surface area contributed by atoms with Crippen molar-refractivity contribution >= 4 is 18.7 Å². The van der Waals surface area contributed by atoms with Gasteiger partial charge in [-0.2, -0.15) is 0 Å². The molecule has 0 bridgehead atoms. The fraction of sp³-hybridized carbons (Fsp3) is 0.333. The lowest BCUT2D eigenvalue weighted by atomic mass is 9.98. The first kappa shape index (κ1) is 31.3. The van der Waals surface area contributed by atoms with Crippen molar-refractivity contribution in [1.29, 1.82) is 0 Å². The van der Waals surface area contributed by atoms with E-state index in [2.05, 4.69) is 45.0 Å². The highest BCUT2D eigenvalue weighted by Crippen LogP contribution is 2.40. The van der Waals surface area contributed by atoms with Gasteiger partial charge in [0.05, 0.1) is 19.8 Å². The monoisotopic (exact) mass is 598 g/mol. The average molecular weight is 599 g/mol. The normalized spacial score (nSPS) is 22.8. The maximum Gasteiger partial charge on any atom is 0.264 e. The number of hydrogen-bond donors (Lipinski definition) is 2. The van der Waals surface area contributed by atoms with E-state index in [4.69, 9.17) is 18.6 Å². The van der Waals surface area contributed by atoms with E-state index in [1.54, 1.807) is 0 Å². The van der Waals surface area contributed by atoms with E-state index >= 15 is 0 Å². The van der Waals surface area contributed by atoms with E-state index in [1.165, 1.54) is 0 Å². The summed E-state index contributed by atoms with van der Waals surface area (Å²) in [6.07, 6.45) is -4.59. The van der Waals surface area contributed by atoms with Crippen molar-refractivity contribution in [2.75, 3.05) is 6.61 Å². The van der Waals surface area contributed by atoms with Gasteiger partial charge in [-0.25, -0.2) is 0 Å². The Hall–Kier alpha value is -3.14. The predicted molar refractivity (Wildman–Crippen MR) is 170 cm³/mol. The van der Waals surface area contributed by atoms with Crippen LogP contribution in [0, 0.1) is 0 Å². The number of aliphatic hydroxyl groups excluding tert-OH is 2. The summed E-state index contributed by atoms with van der Waals surface area (Å²) in [7, 11) is -3.09. The molecule has 0 aromatic heterocycles. The first-order chi connectivity index (χ1) is 20.8. The lowest BCUT2D eigenvalue weighted by Gasteiger charge is -2.50. The van der Waals surface area contributed by atoms with Gasteiger partial charge >= 0.3 is 0 Å². The molecule has 226 valence electrons. The molecule has 1 fully saturated rings. The second kappa shape index (κ2) is 14.1. The van der Waals surface area contributed by atoms with Crippen LogP contribution in [0.4, 0.5) is 0 Å². The lowest BCUT2D eigenvalue weighted by Crippen LogP contribution is -2.71. The van der Waals surface area contributed by atoms with Crippen molar-refractivity contribution in [3.8, 4) is 0 Å². The van der Waals surface area contributed by atoms with Gasteiger partial charge in [0.15, 0.2) is 6.29 Å². The SMILES string of the molecule is CC(C)(C)[Si](O[C@@H]1OC(CO)[C@@H](O)[C@@H](OCc2ccccc2)C1OCc1ccccc1)(c1ccccc1)c1ccccc1. The molecule has 43 heavy (non-hydrogen) atoms. The van der Waals surface area contributed by atoms with Crippen LogP contribution >= 0.6 is 0 Å². The van der Waals surface area contributed by atoms with Gasteiger partial charge in [-0.15, -0.1) is 0 Å². The van der Waals surface area contributed by atoms with Crippen molar-refractivity contribution in [3.05, 3.63) is 132 Å². The van der Waals surface area contributed by atoms with Crippen LogP contribution < -0.4 is 10.4 Å². The minimum Gasteiger partial charge on any atom is -0.394 e. The van der Waals surface area contributed by atoms with Crippen LogP contribution in [0.5, 0.6) is 0 Å². The summed E-state index contributed by atoms with van der Waals surface area (Å²) in [6, 6.07) is 40.3. The minimum atomic E-state index is -3.09. The van der Waals surface area contributed by atoms with Crippen LogP contribution in [0.2, 0.25) is 5.04 Å². The smallest absolute Gasteiger partial charge is 0.264 e. The molecule has 1 aliphatic heterocycles. The van der Waals surface area contributed by atoms with Gasteiger partial charge in [0.1, 0.15) is 24.4 Å². The van der Waals surface area contributed by atoms with E-state index in [-0.39, 0.29) is 18.3 Å². The van der Waals surface area contributed by atoms with Gasteiger partial charge in [0.25, 0.3) is 8.32 Å². The Labute approximate surface area is 256 Å². The maximum atomic E-state index is 11.5. The van der Waals surface area contributed by atoms with Crippen LogP contribution in [0.15, 0.2) is 121 Å². The second-order valence-corrected chi connectivity index (χ2v) is 16.3. The number of rotatable bonds is 11. The predicted octanol–water partition coefficient (Wildman–Crippen LogP) is 4.81. The zero-order valence-corrected chi connectivity index (χ0v) is 26.1. The molecule has 4 aromatic rings. The van der Waals surface area contributed by atoms with Gasteiger partial charge in [0, 0.05) is 0 Å². The average Bonchev–Trinajstić information content (AvgIpc) is 3.04. The fourth-order valence-corrected chi connectivity index (χ4v) is 10.5. The van der Waals surface area contributed by atoms with Crippen LogP contribution in [-0.4, -0.2) is 55.8 Å². The number of benzene rings is 4. The Balaban J connectivity index is 1.58. The van der Waals surface area contributed by atoms with E-state index in [9.17, 15) is 10.2 Å². The molecule has 6 nitrogen and oxygen atoms in total. The summed E-state index contributed by atoms with van der Waals surface area (Å²) in [4.78, 5) is 0. The Kier molecular flexibility index (Phi) is 10.3. The fourth-order valence-electron chi connectivity index (χ4n) is 5.90.